The number of nitrogens with one attached hydrogen (secondary N) is 1. The van der Waals surface area contributed by atoms with E-state index >= 15 is 0 Å². The van der Waals surface area contributed by atoms with Gasteiger partial charge in [0, 0.05) is 43.0 Å². The molecule has 1 aromatic heterocycles. The van der Waals surface area contributed by atoms with Gasteiger partial charge in [-0.15, -0.1) is 0 Å². The summed E-state index contributed by atoms with van der Waals surface area (Å²) in [5, 5.41) is 3.46. The van der Waals surface area contributed by atoms with Crippen molar-refractivity contribution >= 4 is 5.82 Å². The fraction of sp³-hybridized carbons (Fsp3) is 0.389. The first-order valence-corrected chi connectivity index (χ1v) is 8.00. The molecule has 1 N–H and O–H groups in total. The Balaban J connectivity index is 1.56. The van der Waals surface area contributed by atoms with Crippen LogP contribution in [0.15, 0.2) is 42.6 Å². The van der Waals surface area contributed by atoms with Gasteiger partial charge in [0.25, 0.3) is 0 Å². The number of halogens is 2. The molecule has 1 fully saturated rings. The summed E-state index contributed by atoms with van der Waals surface area (Å²) in [6.07, 6.45) is 3.76. The normalized spacial score (nSPS) is 17.3. The van der Waals surface area contributed by atoms with Gasteiger partial charge in [-0.3, -0.25) is 0 Å². The van der Waals surface area contributed by atoms with Gasteiger partial charge in [-0.25, -0.2) is 13.8 Å². The smallest absolute Gasteiger partial charge is 0.130 e. The van der Waals surface area contributed by atoms with Gasteiger partial charge in [-0.05, 0) is 38.0 Å². The molecule has 122 valence electrons. The fourth-order valence-electron chi connectivity index (χ4n) is 3.11. The molecular formula is C18H21F2N3. The van der Waals surface area contributed by atoms with Crippen molar-refractivity contribution in [3.05, 3.63) is 59.8 Å². The molecule has 5 heteroatoms. The van der Waals surface area contributed by atoms with Crippen LogP contribution in [-0.2, 0) is 0 Å². The Morgan fingerprint density at radius 2 is 1.96 bits per heavy atom. The molecule has 1 saturated heterocycles. The Hall–Kier alpha value is -2.01. The summed E-state index contributed by atoms with van der Waals surface area (Å²) < 4.78 is 26.8. The summed E-state index contributed by atoms with van der Waals surface area (Å²) in [7, 11) is 0. The first-order chi connectivity index (χ1) is 11.1. The standard InChI is InChI=1S/C18H21F2N3/c1-13(16-6-5-14(19)12-17(16)20)22-15-7-10-23(11-8-15)18-4-2-3-9-21-18/h2-6,9,12-13,15,22H,7-8,10-11H2,1H3. The van der Waals surface area contributed by atoms with E-state index in [1.54, 1.807) is 6.20 Å². The molecule has 0 spiro atoms. The minimum Gasteiger partial charge on any atom is -0.357 e. The average Bonchev–Trinajstić information content (AvgIpc) is 2.56. The zero-order valence-corrected chi connectivity index (χ0v) is 13.2. The van der Waals surface area contributed by atoms with Crippen LogP contribution in [0, 0.1) is 11.6 Å². The van der Waals surface area contributed by atoms with Crippen molar-refractivity contribution in [1.82, 2.24) is 10.3 Å². The average molecular weight is 317 g/mol. The first-order valence-electron chi connectivity index (χ1n) is 8.00. The van der Waals surface area contributed by atoms with Crippen molar-refractivity contribution in [2.45, 2.75) is 31.8 Å². The van der Waals surface area contributed by atoms with Gasteiger partial charge in [0.15, 0.2) is 0 Å². The summed E-state index contributed by atoms with van der Waals surface area (Å²) in [5.41, 5.74) is 0.513. The van der Waals surface area contributed by atoms with Crippen molar-refractivity contribution in [2.75, 3.05) is 18.0 Å². The zero-order chi connectivity index (χ0) is 16.2. The van der Waals surface area contributed by atoms with Crippen molar-refractivity contribution < 1.29 is 8.78 Å². The Morgan fingerprint density at radius 1 is 1.17 bits per heavy atom. The van der Waals surface area contributed by atoms with E-state index in [1.165, 1.54) is 12.1 Å². The van der Waals surface area contributed by atoms with Gasteiger partial charge < -0.3 is 10.2 Å². The van der Waals surface area contributed by atoms with Crippen molar-refractivity contribution in [3.8, 4) is 0 Å². The Kier molecular flexibility index (Phi) is 4.86. The number of aromatic nitrogens is 1. The van der Waals surface area contributed by atoms with E-state index in [0.717, 1.165) is 37.8 Å². The van der Waals surface area contributed by atoms with Crippen molar-refractivity contribution in [2.24, 2.45) is 0 Å². The second-order valence-electron chi connectivity index (χ2n) is 6.00. The van der Waals surface area contributed by atoms with Crippen LogP contribution >= 0.6 is 0 Å². The number of anilines is 1. The molecule has 2 aromatic rings. The van der Waals surface area contributed by atoms with Crippen molar-refractivity contribution in [1.29, 1.82) is 0 Å². The summed E-state index contributed by atoms with van der Waals surface area (Å²) >= 11 is 0. The second kappa shape index (κ2) is 7.04. The first kappa shape index (κ1) is 15.9. The van der Waals surface area contributed by atoms with Crippen LogP contribution in [0.4, 0.5) is 14.6 Å². The van der Waals surface area contributed by atoms with Gasteiger partial charge in [-0.2, -0.15) is 0 Å². The van der Waals surface area contributed by atoms with E-state index in [-0.39, 0.29) is 6.04 Å². The van der Waals surface area contributed by atoms with Gasteiger partial charge in [-0.1, -0.05) is 12.1 Å². The molecule has 1 aliphatic rings. The summed E-state index contributed by atoms with van der Waals surface area (Å²) in [4.78, 5) is 6.64. The van der Waals surface area contributed by atoms with Crippen LogP contribution in [0.5, 0.6) is 0 Å². The quantitative estimate of drug-likeness (QED) is 0.932. The number of hydrogen-bond donors (Lipinski definition) is 1. The van der Waals surface area contributed by atoms with Crippen LogP contribution in [0.3, 0.4) is 0 Å². The summed E-state index contributed by atoms with van der Waals surface area (Å²) in [5.74, 6) is -0.0263. The molecule has 0 amide bonds. The highest BCUT2D eigenvalue weighted by molar-refractivity contribution is 5.38. The van der Waals surface area contributed by atoms with E-state index in [9.17, 15) is 8.78 Å². The van der Waals surface area contributed by atoms with E-state index < -0.39 is 11.6 Å². The molecule has 3 nitrogen and oxygen atoms in total. The van der Waals surface area contributed by atoms with Gasteiger partial charge in [0.05, 0.1) is 0 Å². The predicted octanol–water partition coefficient (Wildman–Crippen LogP) is 3.68. The molecular weight excluding hydrogens is 296 g/mol. The third kappa shape index (κ3) is 3.85. The molecule has 0 bridgehead atoms. The molecule has 0 aliphatic carbocycles. The number of benzene rings is 1. The highest BCUT2D eigenvalue weighted by Gasteiger charge is 2.22. The number of nitrogens with zero attached hydrogens (tertiary/aromatic N) is 2. The maximum Gasteiger partial charge on any atom is 0.130 e. The van der Waals surface area contributed by atoms with E-state index in [4.69, 9.17) is 0 Å². The Bertz CT molecular complexity index is 640. The molecule has 0 saturated carbocycles. The fourth-order valence-corrected chi connectivity index (χ4v) is 3.11. The zero-order valence-electron chi connectivity index (χ0n) is 13.2. The van der Waals surface area contributed by atoms with Crippen LogP contribution in [0.25, 0.3) is 0 Å². The molecule has 1 aromatic carbocycles. The third-order valence-electron chi connectivity index (χ3n) is 4.38. The highest BCUT2D eigenvalue weighted by atomic mass is 19.1. The number of pyridine rings is 1. The van der Waals surface area contributed by atoms with Crippen LogP contribution < -0.4 is 10.2 Å². The maximum absolute atomic E-state index is 13.8. The number of rotatable bonds is 4. The van der Waals surface area contributed by atoms with Gasteiger partial charge >= 0.3 is 0 Å². The Labute approximate surface area is 135 Å². The summed E-state index contributed by atoms with van der Waals surface area (Å²) in [6.45, 7) is 3.77. The lowest BCUT2D eigenvalue weighted by Crippen LogP contribution is -2.43. The van der Waals surface area contributed by atoms with Crippen LogP contribution in [-0.4, -0.2) is 24.1 Å². The minimum absolute atomic E-state index is 0.137. The maximum atomic E-state index is 13.8. The lowest BCUT2D eigenvalue weighted by atomic mass is 10.0. The van der Waals surface area contributed by atoms with Gasteiger partial charge in [0.2, 0.25) is 0 Å². The van der Waals surface area contributed by atoms with Crippen molar-refractivity contribution in [3.63, 3.8) is 0 Å². The van der Waals surface area contributed by atoms with Gasteiger partial charge in [0.1, 0.15) is 17.5 Å². The molecule has 1 aliphatic heterocycles. The lowest BCUT2D eigenvalue weighted by Gasteiger charge is -2.34. The topological polar surface area (TPSA) is 28.2 Å². The number of hydrogen-bond acceptors (Lipinski definition) is 3. The molecule has 1 atom stereocenters. The molecule has 2 heterocycles. The van der Waals surface area contributed by atoms with E-state index in [2.05, 4.69) is 15.2 Å². The Morgan fingerprint density at radius 3 is 2.61 bits per heavy atom. The monoisotopic (exact) mass is 317 g/mol. The SMILES string of the molecule is CC(NC1CCN(c2ccccn2)CC1)c1ccc(F)cc1F. The molecule has 1 unspecified atom stereocenters. The number of piperidine rings is 1. The van der Waals surface area contributed by atoms with Crippen LogP contribution in [0.2, 0.25) is 0 Å². The molecule has 23 heavy (non-hydrogen) atoms. The van der Waals surface area contributed by atoms with E-state index in [0.29, 0.717) is 11.6 Å². The third-order valence-corrected chi connectivity index (χ3v) is 4.38. The second-order valence-corrected chi connectivity index (χ2v) is 6.00. The largest absolute Gasteiger partial charge is 0.357 e. The lowest BCUT2D eigenvalue weighted by molar-refractivity contribution is 0.374. The molecule has 3 rings (SSSR count). The minimum atomic E-state index is -0.540. The van der Waals surface area contributed by atoms with Crippen LogP contribution in [0.1, 0.15) is 31.4 Å². The summed E-state index contributed by atoms with van der Waals surface area (Å²) in [6, 6.07) is 9.88. The van der Waals surface area contributed by atoms with E-state index in [1.807, 2.05) is 25.1 Å². The molecule has 0 radical (unpaired) electrons. The highest BCUT2D eigenvalue weighted by Crippen LogP contribution is 2.22. The predicted molar refractivity (Wildman–Crippen MR) is 87.4 cm³/mol.